The summed E-state index contributed by atoms with van der Waals surface area (Å²) in [5.74, 6) is 1.02. The first-order chi connectivity index (χ1) is 10.1. The van der Waals surface area contributed by atoms with Crippen LogP contribution in [-0.2, 0) is 11.3 Å². The molecule has 1 aliphatic rings. The SMILES string of the molecule is O=C(CCCCC1CCSS1)NCc1cc(F)ccc1Br. The van der Waals surface area contributed by atoms with Crippen LogP contribution >= 0.6 is 37.5 Å². The minimum Gasteiger partial charge on any atom is -0.352 e. The smallest absolute Gasteiger partial charge is 0.220 e. The Morgan fingerprint density at radius 1 is 1.43 bits per heavy atom. The third-order valence-corrected chi connectivity index (χ3v) is 7.17. The van der Waals surface area contributed by atoms with E-state index in [4.69, 9.17) is 0 Å². The largest absolute Gasteiger partial charge is 0.352 e. The Hall–Kier alpha value is -0.200. The number of hydrogen-bond acceptors (Lipinski definition) is 3. The predicted molar refractivity (Wildman–Crippen MR) is 92.9 cm³/mol. The Bertz CT molecular complexity index is 481. The molecule has 21 heavy (non-hydrogen) atoms. The van der Waals surface area contributed by atoms with Crippen LogP contribution in [0.4, 0.5) is 4.39 Å². The number of unbranched alkanes of at least 4 members (excludes halogenated alkanes) is 1. The zero-order valence-corrected chi connectivity index (χ0v) is 15.0. The summed E-state index contributed by atoms with van der Waals surface area (Å²) in [4.78, 5) is 11.8. The number of nitrogens with one attached hydrogen (secondary N) is 1. The molecule has 0 spiro atoms. The van der Waals surface area contributed by atoms with Crippen LogP contribution in [0.1, 0.15) is 37.7 Å². The Labute approximate surface area is 141 Å². The maximum absolute atomic E-state index is 13.1. The second-order valence-electron chi connectivity index (χ2n) is 5.09. The summed E-state index contributed by atoms with van der Waals surface area (Å²) in [6, 6.07) is 4.50. The molecule has 1 amide bonds. The van der Waals surface area contributed by atoms with Gasteiger partial charge in [-0.05, 0) is 43.0 Å². The van der Waals surface area contributed by atoms with Crippen molar-refractivity contribution in [1.82, 2.24) is 5.32 Å². The fraction of sp³-hybridized carbons (Fsp3) is 0.533. The lowest BCUT2D eigenvalue weighted by molar-refractivity contribution is -0.121. The van der Waals surface area contributed by atoms with Gasteiger partial charge in [0.1, 0.15) is 5.82 Å². The highest BCUT2D eigenvalue weighted by atomic mass is 79.9. The molecule has 1 aromatic carbocycles. The number of amides is 1. The second-order valence-corrected chi connectivity index (χ2v) is 8.73. The third-order valence-electron chi connectivity index (χ3n) is 3.39. The van der Waals surface area contributed by atoms with Gasteiger partial charge in [0.25, 0.3) is 0 Å². The quantitative estimate of drug-likeness (QED) is 0.528. The highest BCUT2D eigenvalue weighted by molar-refractivity contribution is 9.10. The predicted octanol–water partition coefficient (Wildman–Crippen LogP) is 4.92. The molecule has 0 aromatic heterocycles. The van der Waals surface area contributed by atoms with Gasteiger partial charge in [-0.1, -0.05) is 43.9 Å². The van der Waals surface area contributed by atoms with Crippen molar-refractivity contribution in [3.63, 3.8) is 0 Å². The molecule has 1 aliphatic heterocycles. The summed E-state index contributed by atoms with van der Waals surface area (Å²) in [5, 5.41) is 3.63. The highest BCUT2D eigenvalue weighted by Gasteiger charge is 2.15. The van der Waals surface area contributed by atoms with Crippen LogP contribution in [-0.4, -0.2) is 16.9 Å². The third kappa shape index (κ3) is 6.20. The molecular weight excluding hydrogens is 373 g/mol. The van der Waals surface area contributed by atoms with Gasteiger partial charge < -0.3 is 5.32 Å². The van der Waals surface area contributed by atoms with Gasteiger partial charge in [0, 0.05) is 28.4 Å². The Morgan fingerprint density at radius 2 is 2.29 bits per heavy atom. The number of rotatable bonds is 7. The lowest BCUT2D eigenvalue weighted by atomic mass is 10.1. The molecule has 1 atom stereocenters. The molecule has 1 unspecified atom stereocenters. The molecule has 0 saturated carbocycles. The number of carbonyl (C=O) groups excluding carboxylic acids is 1. The van der Waals surface area contributed by atoms with Gasteiger partial charge in [-0.2, -0.15) is 0 Å². The monoisotopic (exact) mass is 391 g/mol. The number of carbonyl (C=O) groups is 1. The second kappa shape index (κ2) is 9.06. The Morgan fingerprint density at radius 3 is 3.05 bits per heavy atom. The minimum absolute atomic E-state index is 0.0413. The van der Waals surface area contributed by atoms with Crippen molar-refractivity contribution in [1.29, 1.82) is 0 Å². The standard InChI is InChI=1S/C15H19BrFNOS2/c16-14-6-5-12(17)9-11(14)10-18-15(19)4-2-1-3-13-7-8-20-21-13/h5-6,9,13H,1-4,7-8,10H2,(H,18,19). The van der Waals surface area contributed by atoms with E-state index in [1.165, 1.54) is 30.7 Å². The number of halogens is 2. The van der Waals surface area contributed by atoms with Crippen LogP contribution < -0.4 is 5.32 Å². The molecule has 2 rings (SSSR count). The summed E-state index contributed by atoms with van der Waals surface area (Å²) < 4.78 is 14.0. The molecule has 6 heteroatoms. The maximum atomic E-state index is 13.1. The number of benzene rings is 1. The van der Waals surface area contributed by atoms with Crippen molar-refractivity contribution in [3.05, 3.63) is 34.1 Å². The van der Waals surface area contributed by atoms with E-state index in [2.05, 4.69) is 21.2 Å². The van der Waals surface area contributed by atoms with Gasteiger partial charge in [-0.15, -0.1) is 0 Å². The van der Waals surface area contributed by atoms with E-state index in [1.807, 2.05) is 21.6 Å². The lowest BCUT2D eigenvalue weighted by Crippen LogP contribution is -2.22. The maximum Gasteiger partial charge on any atom is 0.220 e. The van der Waals surface area contributed by atoms with E-state index >= 15 is 0 Å². The Balaban J connectivity index is 1.61. The van der Waals surface area contributed by atoms with Gasteiger partial charge in [0.2, 0.25) is 5.91 Å². The van der Waals surface area contributed by atoms with E-state index in [0.717, 1.165) is 28.1 Å². The molecule has 2 nitrogen and oxygen atoms in total. The number of hydrogen-bond donors (Lipinski definition) is 1. The fourth-order valence-corrected chi connectivity index (χ4v) is 5.60. The van der Waals surface area contributed by atoms with Crippen LogP contribution in [0.15, 0.2) is 22.7 Å². The van der Waals surface area contributed by atoms with E-state index < -0.39 is 0 Å². The Kier molecular flexibility index (Phi) is 7.40. The molecule has 0 bridgehead atoms. The van der Waals surface area contributed by atoms with Crippen molar-refractivity contribution >= 4 is 43.4 Å². The van der Waals surface area contributed by atoms with E-state index in [9.17, 15) is 9.18 Å². The topological polar surface area (TPSA) is 29.1 Å². The van der Waals surface area contributed by atoms with Crippen LogP contribution in [0.25, 0.3) is 0 Å². The van der Waals surface area contributed by atoms with Crippen molar-refractivity contribution in [3.8, 4) is 0 Å². The summed E-state index contributed by atoms with van der Waals surface area (Å²) >= 11 is 3.36. The molecule has 1 fully saturated rings. The van der Waals surface area contributed by atoms with Crippen molar-refractivity contribution in [2.75, 3.05) is 5.75 Å². The highest BCUT2D eigenvalue weighted by Crippen LogP contribution is 2.39. The zero-order valence-electron chi connectivity index (χ0n) is 11.7. The van der Waals surface area contributed by atoms with Gasteiger partial charge >= 0.3 is 0 Å². The lowest BCUT2D eigenvalue weighted by Gasteiger charge is -2.08. The van der Waals surface area contributed by atoms with E-state index in [1.54, 1.807) is 6.07 Å². The first kappa shape index (κ1) is 17.2. The minimum atomic E-state index is -0.283. The molecule has 1 N–H and O–H groups in total. The average Bonchev–Trinajstić information content (AvgIpc) is 2.98. The molecule has 0 aliphatic carbocycles. The summed E-state index contributed by atoms with van der Waals surface area (Å²) in [6.45, 7) is 0.367. The first-order valence-electron chi connectivity index (χ1n) is 7.14. The molecule has 1 saturated heterocycles. The summed E-state index contributed by atoms with van der Waals surface area (Å²) in [7, 11) is 3.94. The van der Waals surface area contributed by atoms with Gasteiger partial charge in [0.15, 0.2) is 0 Å². The molecule has 1 heterocycles. The zero-order chi connectivity index (χ0) is 15.1. The van der Waals surface area contributed by atoms with E-state index in [-0.39, 0.29) is 11.7 Å². The van der Waals surface area contributed by atoms with E-state index in [0.29, 0.717) is 13.0 Å². The average molecular weight is 392 g/mol. The molecule has 116 valence electrons. The van der Waals surface area contributed by atoms with Crippen molar-refractivity contribution < 1.29 is 9.18 Å². The first-order valence-corrected chi connectivity index (χ1v) is 10.3. The fourth-order valence-electron chi connectivity index (χ4n) is 2.18. The van der Waals surface area contributed by atoms with Crippen LogP contribution in [0.3, 0.4) is 0 Å². The molecule has 1 aromatic rings. The molecule has 0 radical (unpaired) electrons. The van der Waals surface area contributed by atoms with Crippen molar-refractivity contribution in [2.24, 2.45) is 0 Å². The van der Waals surface area contributed by atoms with Crippen LogP contribution in [0.5, 0.6) is 0 Å². The van der Waals surface area contributed by atoms with Gasteiger partial charge in [-0.25, -0.2) is 4.39 Å². The normalized spacial score (nSPS) is 17.9. The molecular formula is C15H19BrFNOS2. The van der Waals surface area contributed by atoms with Crippen LogP contribution in [0.2, 0.25) is 0 Å². The summed E-state index contributed by atoms with van der Waals surface area (Å²) in [5.41, 5.74) is 0.766. The van der Waals surface area contributed by atoms with Crippen LogP contribution in [0, 0.1) is 5.82 Å². The van der Waals surface area contributed by atoms with Gasteiger partial charge in [0.05, 0.1) is 0 Å². The van der Waals surface area contributed by atoms with Gasteiger partial charge in [-0.3, -0.25) is 4.79 Å². The summed E-state index contributed by atoms with van der Waals surface area (Å²) in [6.07, 6.45) is 5.10. The van der Waals surface area contributed by atoms with Crippen molar-refractivity contribution in [2.45, 2.75) is 43.9 Å².